The van der Waals surface area contributed by atoms with Crippen LogP contribution in [0.25, 0.3) is 0 Å². The van der Waals surface area contributed by atoms with Crippen LogP contribution in [0.5, 0.6) is 0 Å². The first kappa shape index (κ1) is 19.3. The van der Waals surface area contributed by atoms with Gasteiger partial charge in [-0.15, -0.1) is 0 Å². The molecule has 1 aromatic carbocycles. The fourth-order valence-electron chi connectivity index (χ4n) is 5.55. The van der Waals surface area contributed by atoms with E-state index in [1.165, 1.54) is 24.1 Å². The highest BCUT2D eigenvalue weighted by Crippen LogP contribution is 2.52. The Kier molecular flexibility index (Phi) is 5.86. The number of piperidine rings is 1. The first-order valence-corrected chi connectivity index (χ1v) is 10.7. The molecule has 1 aliphatic carbocycles. The molecule has 2 aliphatic heterocycles. The Morgan fingerprint density at radius 2 is 1.81 bits per heavy atom. The van der Waals surface area contributed by atoms with Gasteiger partial charge in [0.15, 0.2) is 0 Å². The summed E-state index contributed by atoms with van der Waals surface area (Å²) in [6.07, 6.45) is 3.05. The van der Waals surface area contributed by atoms with Gasteiger partial charge >= 0.3 is 0 Å². The highest BCUT2D eigenvalue weighted by Gasteiger charge is 2.53. The van der Waals surface area contributed by atoms with Crippen molar-refractivity contribution >= 4 is 0 Å². The quantitative estimate of drug-likeness (QED) is 0.815. The summed E-state index contributed by atoms with van der Waals surface area (Å²) < 4.78 is 0. The minimum absolute atomic E-state index is 0.0463. The second-order valence-electron chi connectivity index (χ2n) is 8.92. The van der Waals surface area contributed by atoms with E-state index in [-0.39, 0.29) is 17.6 Å². The lowest BCUT2D eigenvalue weighted by Gasteiger charge is -2.43. The summed E-state index contributed by atoms with van der Waals surface area (Å²) in [5.74, 6) is 0. The van der Waals surface area contributed by atoms with Crippen molar-refractivity contribution in [3.8, 4) is 0 Å². The van der Waals surface area contributed by atoms with Gasteiger partial charge in [0.05, 0.1) is 12.1 Å². The smallest absolute Gasteiger partial charge is 0.0834 e. The zero-order valence-corrected chi connectivity index (χ0v) is 17.0. The van der Waals surface area contributed by atoms with Crippen molar-refractivity contribution < 1.29 is 5.11 Å². The predicted molar refractivity (Wildman–Crippen MR) is 110 cm³/mol. The van der Waals surface area contributed by atoms with E-state index in [4.69, 9.17) is 0 Å². The Morgan fingerprint density at radius 3 is 2.52 bits per heavy atom. The van der Waals surface area contributed by atoms with Gasteiger partial charge < -0.3 is 20.2 Å². The number of aliphatic hydroxyl groups is 1. The molecule has 5 heteroatoms. The summed E-state index contributed by atoms with van der Waals surface area (Å²) >= 11 is 0. The standard InChI is InChI=1S/C22H36N4O/c1-24(2)12-5-13-25-14-16-26(17-15-25)20-18-6-3-4-7-19(18)22(21(20)27)8-10-23-11-9-22/h3-4,6-7,20-21,23,27H,5,8-17H2,1-2H3/t20-,21+/m1/s1. The van der Waals surface area contributed by atoms with Gasteiger partial charge in [-0.2, -0.15) is 0 Å². The number of nitrogens with one attached hydrogen (secondary N) is 1. The Balaban J connectivity index is 1.45. The van der Waals surface area contributed by atoms with Gasteiger partial charge in [0, 0.05) is 31.6 Å². The van der Waals surface area contributed by atoms with E-state index < -0.39 is 0 Å². The van der Waals surface area contributed by atoms with Gasteiger partial charge in [0.25, 0.3) is 0 Å². The third-order valence-corrected chi connectivity index (χ3v) is 7.06. The molecule has 3 aliphatic rings. The molecular weight excluding hydrogens is 336 g/mol. The van der Waals surface area contributed by atoms with E-state index in [1.807, 2.05) is 0 Å². The second-order valence-corrected chi connectivity index (χ2v) is 8.92. The van der Waals surface area contributed by atoms with Crippen LogP contribution in [0.15, 0.2) is 24.3 Å². The van der Waals surface area contributed by atoms with Crippen molar-refractivity contribution in [1.82, 2.24) is 20.0 Å². The molecule has 1 aromatic rings. The molecule has 150 valence electrons. The maximum Gasteiger partial charge on any atom is 0.0834 e. The number of fused-ring (bicyclic) bond motifs is 2. The van der Waals surface area contributed by atoms with Crippen molar-refractivity contribution in [1.29, 1.82) is 0 Å². The van der Waals surface area contributed by atoms with Gasteiger partial charge in [-0.1, -0.05) is 24.3 Å². The summed E-state index contributed by atoms with van der Waals surface area (Å²) in [6, 6.07) is 9.02. The number of rotatable bonds is 5. The summed E-state index contributed by atoms with van der Waals surface area (Å²) in [4.78, 5) is 7.41. The molecule has 27 heavy (non-hydrogen) atoms. The number of benzene rings is 1. The van der Waals surface area contributed by atoms with Gasteiger partial charge in [0.2, 0.25) is 0 Å². The average molecular weight is 373 g/mol. The molecule has 2 fully saturated rings. The van der Waals surface area contributed by atoms with E-state index in [0.29, 0.717) is 0 Å². The molecular formula is C22H36N4O. The van der Waals surface area contributed by atoms with E-state index in [0.717, 1.165) is 58.7 Å². The van der Waals surface area contributed by atoms with Gasteiger partial charge in [-0.05, 0) is 70.7 Å². The van der Waals surface area contributed by atoms with Crippen molar-refractivity contribution in [2.24, 2.45) is 0 Å². The summed E-state index contributed by atoms with van der Waals surface area (Å²) in [5, 5.41) is 15.0. The molecule has 0 aromatic heterocycles. The van der Waals surface area contributed by atoms with Crippen molar-refractivity contribution in [2.75, 3.05) is 66.5 Å². The van der Waals surface area contributed by atoms with Crippen molar-refractivity contribution in [2.45, 2.75) is 36.8 Å². The topological polar surface area (TPSA) is 42.0 Å². The molecule has 5 nitrogen and oxygen atoms in total. The monoisotopic (exact) mass is 372 g/mol. The third kappa shape index (κ3) is 3.68. The summed E-state index contributed by atoms with van der Waals surface area (Å²) in [5.41, 5.74) is 2.75. The van der Waals surface area contributed by atoms with Crippen LogP contribution in [-0.2, 0) is 5.41 Å². The number of hydrogen-bond donors (Lipinski definition) is 2. The maximum absolute atomic E-state index is 11.5. The van der Waals surface area contributed by atoms with Crippen molar-refractivity contribution in [3.63, 3.8) is 0 Å². The lowest BCUT2D eigenvalue weighted by atomic mass is 9.72. The summed E-state index contributed by atoms with van der Waals surface area (Å²) in [7, 11) is 4.29. The Labute approximate surface area is 164 Å². The lowest BCUT2D eigenvalue weighted by Crippen LogP contribution is -2.53. The number of hydrogen-bond acceptors (Lipinski definition) is 5. The highest BCUT2D eigenvalue weighted by atomic mass is 16.3. The van der Waals surface area contributed by atoms with Gasteiger partial charge in [-0.25, -0.2) is 0 Å². The molecule has 2 N–H and O–H groups in total. The van der Waals surface area contributed by atoms with Crippen LogP contribution in [0, 0.1) is 0 Å². The third-order valence-electron chi connectivity index (χ3n) is 7.06. The fraction of sp³-hybridized carbons (Fsp3) is 0.727. The van der Waals surface area contributed by atoms with E-state index in [2.05, 4.69) is 58.4 Å². The highest BCUT2D eigenvalue weighted by molar-refractivity contribution is 5.45. The number of piperazine rings is 1. The summed E-state index contributed by atoms with van der Waals surface area (Å²) in [6.45, 7) is 8.73. The van der Waals surface area contributed by atoms with Crippen LogP contribution < -0.4 is 5.32 Å². The Morgan fingerprint density at radius 1 is 1.11 bits per heavy atom. The van der Waals surface area contributed by atoms with E-state index in [9.17, 15) is 5.11 Å². The number of nitrogens with zero attached hydrogens (tertiary/aromatic N) is 3. The predicted octanol–water partition coefficient (Wildman–Crippen LogP) is 1.29. The van der Waals surface area contributed by atoms with Crippen LogP contribution in [0.1, 0.15) is 36.4 Å². The molecule has 0 saturated carbocycles. The Hall–Kier alpha value is -0.980. The largest absolute Gasteiger partial charge is 0.390 e. The van der Waals surface area contributed by atoms with Crippen molar-refractivity contribution in [3.05, 3.63) is 35.4 Å². The van der Waals surface area contributed by atoms with Gasteiger partial charge in [0.1, 0.15) is 0 Å². The average Bonchev–Trinajstić information content (AvgIpc) is 2.92. The molecule has 1 spiro atoms. The van der Waals surface area contributed by atoms with Crippen LogP contribution in [0.2, 0.25) is 0 Å². The first-order valence-electron chi connectivity index (χ1n) is 10.7. The zero-order valence-electron chi connectivity index (χ0n) is 17.0. The molecule has 4 rings (SSSR count). The molecule has 2 saturated heterocycles. The number of aliphatic hydroxyl groups excluding tert-OH is 1. The molecule has 0 amide bonds. The van der Waals surface area contributed by atoms with Crippen LogP contribution in [0.4, 0.5) is 0 Å². The van der Waals surface area contributed by atoms with Crippen LogP contribution in [-0.4, -0.2) is 92.4 Å². The van der Waals surface area contributed by atoms with Crippen LogP contribution >= 0.6 is 0 Å². The molecule has 2 heterocycles. The zero-order chi connectivity index (χ0) is 18.9. The minimum Gasteiger partial charge on any atom is -0.390 e. The van der Waals surface area contributed by atoms with Gasteiger partial charge in [-0.3, -0.25) is 4.90 Å². The first-order chi connectivity index (χ1) is 13.1. The molecule has 0 radical (unpaired) electrons. The SMILES string of the molecule is CN(C)CCCN1CCN([C@@H]2c3ccccc3C3(CCNCC3)[C@H]2O)CC1. The van der Waals surface area contributed by atoms with Crippen LogP contribution in [0.3, 0.4) is 0 Å². The van der Waals surface area contributed by atoms with E-state index in [1.54, 1.807) is 0 Å². The molecule has 0 unspecified atom stereocenters. The normalized spacial score (nSPS) is 28.7. The molecule has 0 bridgehead atoms. The Bertz CT molecular complexity index is 620. The maximum atomic E-state index is 11.5. The lowest BCUT2D eigenvalue weighted by molar-refractivity contribution is -0.0181. The fourth-order valence-corrected chi connectivity index (χ4v) is 5.55. The molecule has 2 atom stereocenters. The van der Waals surface area contributed by atoms with E-state index >= 15 is 0 Å². The minimum atomic E-state index is -0.280. The second kappa shape index (κ2) is 8.18.